The van der Waals surface area contributed by atoms with Crippen LogP contribution in [0.4, 0.5) is 5.69 Å². The first-order valence-electron chi connectivity index (χ1n) is 10.9. The van der Waals surface area contributed by atoms with Crippen molar-refractivity contribution in [3.63, 3.8) is 0 Å². The number of hydrogen-bond acceptors (Lipinski definition) is 1. The summed E-state index contributed by atoms with van der Waals surface area (Å²) in [5.41, 5.74) is 5.86. The van der Waals surface area contributed by atoms with E-state index in [2.05, 4.69) is 67.1 Å². The van der Waals surface area contributed by atoms with Crippen molar-refractivity contribution in [2.75, 3.05) is 5.32 Å². The van der Waals surface area contributed by atoms with Gasteiger partial charge in [0, 0.05) is 40.9 Å². The first-order chi connectivity index (χ1) is 15.3. The highest BCUT2D eigenvalue weighted by Crippen LogP contribution is 2.28. The summed E-state index contributed by atoms with van der Waals surface area (Å²) in [7, 11) is 2.02. The summed E-state index contributed by atoms with van der Waals surface area (Å²) in [5.74, 6) is -0.128. The Morgan fingerprint density at radius 1 is 0.812 bits per heavy atom. The van der Waals surface area contributed by atoms with Crippen LogP contribution < -0.4 is 5.32 Å². The Morgan fingerprint density at radius 3 is 2.28 bits per heavy atom. The van der Waals surface area contributed by atoms with E-state index < -0.39 is 0 Å². The molecule has 160 valence electrons. The SMILES string of the molecule is Cn1ccc2cc(NC(=O)c3cc4ccccc4n3-c3ccc(C(C)(C)C)cc3)ccc21. The maximum absolute atomic E-state index is 13.4. The summed E-state index contributed by atoms with van der Waals surface area (Å²) in [6, 6.07) is 26.6. The van der Waals surface area contributed by atoms with Crippen molar-refractivity contribution < 1.29 is 4.79 Å². The van der Waals surface area contributed by atoms with Crippen molar-refractivity contribution in [1.29, 1.82) is 0 Å². The number of benzene rings is 3. The highest BCUT2D eigenvalue weighted by atomic mass is 16.1. The van der Waals surface area contributed by atoms with Gasteiger partial charge < -0.3 is 14.5 Å². The molecular formula is C28H27N3O. The van der Waals surface area contributed by atoms with E-state index in [4.69, 9.17) is 0 Å². The normalized spacial score (nSPS) is 11.9. The van der Waals surface area contributed by atoms with Gasteiger partial charge in [-0.1, -0.05) is 51.1 Å². The molecule has 0 spiro atoms. The van der Waals surface area contributed by atoms with Crippen LogP contribution in [0, 0.1) is 0 Å². The number of anilines is 1. The summed E-state index contributed by atoms with van der Waals surface area (Å²) >= 11 is 0. The molecule has 0 saturated carbocycles. The van der Waals surface area contributed by atoms with Crippen LogP contribution in [0.15, 0.2) is 85.1 Å². The zero-order chi connectivity index (χ0) is 22.5. The molecule has 0 saturated heterocycles. The van der Waals surface area contributed by atoms with E-state index in [9.17, 15) is 4.79 Å². The fourth-order valence-electron chi connectivity index (χ4n) is 4.27. The van der Waals surface area contributed by atoms with Crippen molar-refractivity contribution >= 4 is 33.4 Å². The fourth-order valence-corrected chi connectivity index (χ4v) is 4.27. The Balaban J connectivity index is 1.56. The third kappa shape index (κ3) is 3.48. The van der Waals surface area contributed by atoms with Crippen LogP contribution in [-0.2, 0) is 12.5 Å². The quantitative estimate of drug-likeness (QED) is 0.347. The molecule has 2 aromatic heterocycles. The van der Waals surface area contributed by atoms with Crippen LogP contribution in [0.25, 0.3) is 27.5 Å². The second-order valence-corrected chi connectivity index (χ2v) is 9.38. The molecule has 4 nitrogen and oxygen atoms in total. The van der Waals surface area contributed by atoms with Gasteiger partial charge in [-0.2, -0.15) is 0 Å². The van der Waals surface area contributed by atoms with Gasteiger partial charge >= 0.3 is 0 Å². The lowest BCUT2D eigenvalue weighted by Gasteiger charge is -2.20. The van der Waals surface area contributed by atoms with Crippen LogP contribution in [0.1, 0.15) is 36.8 Å². The number of nitrogens with one attached hydrogen (secondary N) is 1. The summed E-state index contributed by atoms with van der Waals surface area (Å²) in [4.78, 5) is 13.4. The van der Waals surface area contributed by atoms with E-state index in [0.717, 1.165) is 33.2 Å². The number of carbonyl (C=O) groups is 1. The Hall–Kier alpha value is -3.79. The van der Waals surface area contributed by atoms with Crippen molar-refractivity contribution in [1.82, 2.24) is 9.13 Å². The number of nitrogens with zero attached hydrogens (tertiary/aromatic N) is 2. The van der Waals surface area contributed by atoms with E-state index >= 15 is 0 Å². The second-order valence-electron chi connectivity index (χ2n) is 9.38. The number of para-hydroxylation sites is 1. The molecule has 5 aromatic rings. The van der Waals surface area contributed by atoms with E-state index in [1.807, 2.05) is 60.3 Å². The molecule has 0 aliphatic heterocycles. The average Bonchev–Trinajstić information content (AvgIpc) is 3.34. The number of amides is 1. The molecule has 2 heterocycles. The monoisotopic (exact) mass is 421 g/mol. The van der Waals surface area contributed by atoms with Gasteiger partial charge in [-0.15, -0.1) is 0 Å². The minimum atomic E-state index is -0.128. The predicted octanol–water partition coefficient (Wildman–Crippen LogP) is 6.67. The van der Waals surface area contributed by atoms with Crippen molar-refractivity contribution in [3.8, 4) is 5.69 Å². The van der Waals surface area contributed by atoms with Crippen LogP contribution in [-0.4, -0.2) is 15.0 Å². The largest absolute Gasteiger partial charge is 0.351 e. The average molecular weight is 422 g/mol. The predicted molar refractivity (Wildman–Crippen MR) is 133 cm³/mol. The van der Waals surface area contributed by atoms with Crippen LogP contribution >= 0.6 is 0 Å². The van der Waals surface area contributed by atoms with Crippen LogP contribution in [0.3, 0.4) is 0 Å². The zero-order valence-corrected chi connectivity index (χ0v) is 18.9. The maximum Gasteiger partial charge on any atom is 0.272 e. The second kappa shape index (κ2) is 7.41. The van der Waals surface area contributed by atoms with Crippen LogP contribution in [0.2, 0.25) is 0 Å². The molecule has 0 bridgehead atoms. The van der Waals surface area contributed by atoms with Gasteiger partial charge in [0.2, 0.25) is 0 Å². The third-order valence-corrected chi connectivity index (χ3v) is 6.08. The van der Waals surface area contributed by atoms with Gasteiger partial charge in [-0.3, -0.25) is 4.79 Å². The molecule has 5 rings (SSSR count). The van der Waals surface area contributed by atoms with Gasteiger partial charge in [0.1, 0.15) is 5.69 Å². The lowest BCUT2D eigenvalue weighted by atomic mass is 9.87. The van der Waals surface area contributed by atoms with Crippen LogP contribution in [0.5, 0.6) is 0 Å². The van der Waals surface area contributed by atoms with E-state index in [-0.39, 0.29) is 11.3 Å². The highest BCUT2D eigenvalue weighted by molar-refractivity contribution is 6.07. The van der Waals surface area contributed by atoms with E-state index in [1.54, 1.807) is 0 Å². The molecule has 32 heavy (non-hydrogen) atoms. The third-order valence-electron chi connectivity index (χ3n) is 6.08. The molecule has 1 N–H and O–H groups in total. The molecule has 0 aliphatic carbocycles. The summed E-state index contributed by atoms with van der Waals surface area (Å²) in [6.07, 6.45) is 2.02. The van der Waals surface area contributed by atoms with E-state index in [1.165, 1.54) is 5.56 Å². The number of aromatic nitrogens is 2. The molecule has 4 heteroatoms. The van der Waals surface area contributed by atoms with Gasteiger partial charge in [0.25, 0.3) is 5.91 Å². The molecule has 0 fully saturated rings. The Kier molecular flexibility index (Phi) is 4.66. The smallest absolute Gasteiger partial charge is 0.272 e. The van der Waals surface area contributed by atoms with Crippen molar-refractivity contribution in [3.05, 3.63) is 96.3 Å². The molecule has 0 unspecified atom stereocenters. The minimum absolute atomic E-state index is 0.0770. The topological polar surface area (TPSA) is 39.0 Å². The Bertz CT molecular complexity index is 1450. The van der Waals surface area contributed by atoms with Crippen molar-refractivity contribution in [2.24, 2.45) is 7.05 Å². The lowest BCUT2D eigenvalue weighted by molar-refractivity contribution is 0.102. The number of carbonyl (C=O) groups excluding carboxylic acids is 1. The number of aryl methyl sites for hydroxylation is 1. The van der Waals surface area contributed by atoms with Gasteiger partial charge in [-0.05, 0) is 59.5 Å². The Labute approximate surface area is 188 Å². The minimum Gasteiger partial charge on any atom is -0.351 e. The molecule has 0 atom stereocenters. The molecule has 3 aromatic carbocycles. The number of fused-ring (bicyclic) bond motifs is 2. The van der Waals surface area contributed by atoms with E-state index in [0.29, 0.717) is 5.69 Å². The molecule has 0 radical (unpaired) electrons. The first kappa shape index (κ1) is 20.1. The van der Waals surface area contributed by atoms with Gasteiger partial charge in [-0.25, -0.2) is 0 Å². The molecule has 1 amide bonds. The fraction of sp³-hybridized carbons (Fsp3) is 0.179. The summed E-state index contributed by atoms with van der Waals surface area (Å²) in [5, 5.41) is 5.24. The lowest BCUT2D eigenvalue weighted by Crippen LogP contribution is -2.16. The molecule has 0 aliphatic rings. The summed E-state index contributed by atoms with van der Waals surface area (Å²) < 4.78 is 4.11. The number of hydrogen-bond donors (Lipinski definition) is 1. The van der Waals surface area contributed by atoms with Gasteiger partial charge in [0.05, 0.1) is 5.52 Å². The summed E-state index contributed by atoms with van der Waals surface area (Å²) in [6.45, 7) is 6.61. The van der Waals surface area contributed by atoms with Crippen molar-refractivity contribution in [2.45, 2.75) is 26.2 Å². The van der Waals surface area contributed by atoms with Gasteiger partial charge in [0.15, 0.2) is 0 Å². The zero-order valence-electron chi connectivity index (χ0n) is 18.9. The standard InChI is InChI=1S/C28H27N3O/c1-28(2,3)21-9-12-23(13-10-21)31-25-8-6-5-7-19(25)18-26(31)27(32)29-22-11-14-24-20(17-22)15-16-30(24)4/h5-18H,1-4H3,(H,29,32). The maximum atomic E-state index is 13.4. The number of rotatable bonds is 3. The first-order valence-corrected chi connectivity index (χ1v) is 10.9. The Morgan fingerprint density at radius 2 is 1.53 bits per heavy atom. The highest BCUT2D eigenvalue weighted by Gasteiger charge is 2.19. The molecular weight excluding hydrogens is 394 g/mol.